The van der Waals surface area contributed by atoms with Gasteiger partial charge in [-0.3, -0.25) is 9.59 Å². The molecule has 1 atom stereocenters. The van der Waals surface area contributed by atoms with Crippen LogP contribution in [-0.4, -0.2) is 23.2 Å². The van der Waals surface area contributed by atoms with Gasteiger partial charge in [0.05, 0.1) is 13.2 Å². The fraction of sp³-hybridized carbons (Fsp3) is 0.429. The lowest BCUT2D eigenvalue weighted by atomic mass is 9.89. The van der Waals surface area contributed by atoms with Gasteiger partial charge in [-0.1, -0.05) is 6.07 Å². The van der Waals surface area contributed by atoms with E-state index in [1.165, 1.54) is 6.07 Å². The maximum absolute atomic E-state index is 12.6. The number of aromatic nitrogens is 1. The number of carbonyl (C=O) groups is 1. The van der Waals surface area contributed by atoms with Crippen LogP contribution in [0.2, 0.25) is 0 Å². The number of nitrogens with zero attached hydrogens (tertiary/aromatic N) is 1. The molecule has 2 aromatic rings. The molecule has 2 heterocycles. The van der Waals surface area contributed by atoms with Crippen LogP contribution in [0.5, 0.6) is 11.5 Å². The van der Waals surface area contributed by atoms with Crippen LogP contribution in [0, 0.1) is 6.92 Å². The van der Waals surface area contributed by atoms with E-state index >= 15 is 0 Å². The molecule has 1 unspecified atom stereocenters. The van der Waals surface area contributed by atoms with Gasteiger partial charge in [-0.2, -0.15) is 0 Å². The van der Waals surface area contributed by atoms with Gasteiger partial charge in [0.1, 0.15) is 17.1 Å². The molecule has 6 nitrogen and oxygen atoms in total. The highest BCUT2D eigenvalue weighted by molar-refractivity contribution is 5.76. The van der Waals surface area contributed by atoms with Gasteiger partial charge in [0.25, 0.3) is 5.56 Å². The number of hydrogen-bond donors (Lipinski definition) is 1. The maximum Gasteiger partial charge on any atom is 0.250 e. The van der Waals surface area contributed by atoms with Gasteiger partial charge in [0.15, 0.2) is 0 Å². The quantitative estimate of drug-likeness (QED) is 0.878. The molecule has 0 fully saturated rings. The summed E-state index contributed by atoms with van der Waals surface area (Å²) in [5, 5.41) is 3.10. The molecule has 27 heavy (non-hydrogen) atoms. The van der Waals surface area contributed by atoms with E-state index in [9.17, 15) is 9.59 Å². The standard InChI is InChI=1S/C21H26N2O4/c1-14-6-5-7-20(25)23(14)11-10-19(24)22-17-13-21(2,3)27-18-12-15(26-4)8-9-16(17)18/h5-9,12,17H,10-11,13H2,1-4H3,(H,22,24). The Labute approximate surface area is 159 Å². The number of carbonyl (C=O) groups excluding carboxylic acids is 1. The van der Waals surface area contributed by atoms with Gasteiger partial charge in [0, 0.05) is 42.8 Å². The van der Waals surface area contributed by atoms with E-state index in [1.54, 1.807) is 17.7 Å². The number of methoxy groups -OCH3 is 1. The van der Waals surface area contributed by atoms with Gasteiger partial charge >= 0.3 is 0 Å². The third-order valence-electron chi connectivity index (χ3n) is 4.84. The average molecular weight is 370 g/mol. The molecule has 3 rings (SSSR count). The Hall–Kier alpha value is -2.76. The second kappa shape index (κ2) is 7.47. The van der Waals surface area contributed by atoms with E-state index in [2.05, 4.69) is 5.32 Å². The smallest absolute Gasteiger partial charge is 0.250 e. The number of fused-ring (bicyclic) bond motifs is 1. The van der Waals surface area contributed by atoms with Crippen molar-refractivity contribution in [2.24, 2.45) is 0 Å². The second-order valence-corrected chi connectivity index (χ2v) is 7.50. The fourth-order valence-corrected chi connectivity index (χ4v) is 3.48. The second-order valence-electron chi connectivity index (χ2n) is 7.50. The zero-order valence-corrected chi connectivity index (χ0v) is 16.2. The molecule has 1 aliphatic heterocycles. The molecule has 0 saturated heterocycles. The molecule has 1 amide bonds. The summed E-state index contributed by atoms with van der Waals surface area (Å²) in [5.41, 5.74) is 1.30. The summed E-state index contributed by atoms with van der Waals surface area (Å²) < 4.78 is 13.0. The Morgan fingerprint density at radius 3 is 2.81 bits per heavy atom. The molecule has 1 aliphatic rings. The van der Waals surface area contributed by atoms with E-state index in [4.69, 9.17) is 9.47 Å². The van der Waals surface area contributed by atoms with Crippen molar-refractivity contribution in [1.29, 1.82) is 0 Å². The number of benzene rings is 1. The van der Waals surface area contributed by atoms with Gasteiger partial charge in [-0.25, -0.2) is 0 Å². The first-order valence-electron chi connectivity index (χ1n) is 9.12. The zero-order chi connectivity index (χ0) is 19.6. The van der Waals surface area contributed by atoms with E-state index in [-0.39, 0.29) is 23.9 Å². The Morgan fingerprint density at radius 2 is 2.11 bits per heavy atom. The lowest BCUT2D eigenvalue weighted by Gasteiger charge is -2.38. The molecular weight excluding hydrogens is 344 g/mol. The zero-order valence-electron chi connectivity index (χ0n) is 16.2. The first-order chi connectivity index (χ1) is 12.8. The van der Waals surface area contributed by atoms with Crippen molar-refractivity contribution in [3.05, 3.63) is 58.0 Å². The van der Waals surface area contributed by atoms with Crippen LogP contribution >= 0.6 is 0 Å². The molecule has 0 spiro atoms. The topological polar surface area (TPSA) is 69.6 Å². The largest absolute Gasteiger partial charge is 0.497 e. The van der Waals surface area contributed by atoms with Gasteiger partial charge in [-0.05, 0) is 39.0 Å². The predicted octanol–water partition coefficient (Wildman–Crippen LogP) is 2.97. The van der Waals surface area contributed by atoms with E-state index in [1.807, 2.05) is 45.0 Å². The summed E-state index contributed by atoms with van der Waals surface area (Å²) >= 11 is 0. The molecule has 6 heteroatoms. The molecule has 0 saturated carbocycles. The summed E-state index contributed by atoms with van der Waals surface area (Å²) in [4.78, 5) is 24.5. The lowest BCUT2D eigenvalue weighted by Crippen LogP contribution is -2.41. The number of pyridine rings is 1. The first kappa shape index (κ1) is 19.0. The molecule has 1 aromatic heterocycles. The van der Waals surface area contributed by atoms with Gasteiger partial charge in [-0.15, -0.1) is 0 Å². The van der Waals surface area contributed by atoms with Gasteiger partial charge in [0.2, 0.25) is 5.91 Å². The maximum atomic E-state index is 12.6. The molecule has 1 N–H and O–H groups in total. The summed E-state index contributed by atoms with van der Waals surface area (Å²) in [6.07, 6.45) is 0.913. The van der Waals surface area contributed by atoms with Crippen LogP contribution in [0.4, 0.5) is 0 Å². The highest BCUT2D eigenvalue weighted by Gasteiger charge is 2.34. The number of rotatable bonds is 5. The van der Waals surface area contributed by atoms with Gasteiger partial charge < -0.3 is 19.4 Å². The highest BCUT2D eigenvalue weighted by atomic mass is 16.5. The summed E-state index contributed by atoms with van der Waals surface area (Å²) in [6, 6.07) is 10.6. The lowest BCUT2D eigenvalue weighted by molar-refractivity contribution is -0.122. The van der Waals surface area contributed by atoms with Crippen molar-refractivity contribution >= 4 is 5.91 Å². The SMILES string of the molecule is COc1ccc2c(c1)OC(C)(C)CC2NC(=O)CCn1c(C)cccc1=O. The monoisotopic (exact) mass is 370 g/mol. The molecule has 144 valence electrons. The average Bonchev–Trinajstić information content (AvgIpc) is 2.59. The first-order valence-corrected chi connectivity index (χ1v) is 9.12. The third-order valence-corrected chi connectivity index (χ3v) is 4.84. The third kappa shape index (κ3) is 4.32. The minimum absolute atomic E-state index is 0.0883. The Morgan fingerprint density at radius 1 is 1.33 bits per heavy atom. The summed E-state index contributed by atoms with van der Waals surface area (Å²) in [7, 11) is 1.61. The molecule has 0 aliphatic carbocycles. The highest BCUT2D eigenvalue weighted by Crippen LogP contribution is 2.41. The van der Waals surface area contributed by atoms with Crippen molar-refractivity contribution in [3.63, 3.8) is 0 Å². The van der Waals surface area contributed by atoms with Crippen molar-refractivity contribution < 1.29 is 14.3 Å². The number of aryl methyl sites for hydroxylation is 1. The Balaban J connectivity index is 1.73. The fourth-order valence-electron chi connectivity index (χ4n) is 3.48. The van der Waals surface area contributed by atoms with E-state index in [0.29, 0.717) is 13.0 Å². The Bertz CT molecular complexity index is 901. The van der Waals surface area contributed by atoms with Crippen LogP contribution in [-0.2, 0) is 11.3 Å². The Kier molecular flexibility index (Phi) is 5.26. The normalized spacial score (nSPS) is 17.6. The number of hydrogen-bond acceptors (Lipinski definition) is 4. The van der Waals surface area contributed by atoms with Crippen LogP contribution in [0.3, 0.4) is 0 Å². The number of amides is 1. The van der Waals surface area contributed by atoms with Crippen LogP contribution in [0.1, 0.15) is 44.0 Å². The molecule has 0 radical (unpaired) electrons. The van der Waals surface area contributed by atoms with Crippen molar-refractivity contribution in [2.75, 3.05) is 7.11 Å². The minimum atomic E-state index is -0.399. The molecular formula is C21H26N2O4. The number of ether oxygens (including phenoxy) is 2. The number of nitrogens with one attached hydrogen (secondary N) is 1. The van der Waals surface area contributed by atoms with Crippen molar-refractivity contribution in [1.82, 2.24) is 9.88 Å². The van der Waals surface area contributed by atoms with E-state index in [0.717, 1.165) is 22.8 Å². The summed E-state index contributed by atoms with van der Waals surface area (Å²) in [5.74, 6) is 1.36. The van der Waals surface area contributed by atoms with Crippen molar-refractivity contribution in [2.45, 2.75) is 51.8 Å². The molecule has 0 bridgehead atoms. The van der Waals surface area contributed by atoms with Crippen LogP contribution in [0.25, 0.3) is 0 Å². The van der Waals surface area contributed by atoms with E-state index < -0.39 is 5.60 Å². The van der Waals surface area contributed by atoms with Crippen LogP contribution in [0.15, 0.2) is 41.2 Å². The molecule has 1 aromatic carbocycles. The minimum Gasteiger partial charge on any atom is -0.497 e. The summed E-state index contributed by atoms with van der Waals surface area (Å²) in [6.45, 7) is 6.23. The van der Waals surface area contributed by atoms with Crippen molar-refractivity contribution in [3.8, 4) is 11.5 Å². The predicted molar refractivity (Wildman–Crippen MR) is 103 cm³/mol. The van der Waals surface area contributed by atoms with Crippen LogP contribution < -0.4 is 20.3 Å².